The Balaban J connectivity index is 2.31. The second-order valence-electron chi connectivity index (χ2n) is 4.37. The van der Waals surface area contributed by atoms with Crippen LogP contribution in [-0.2, 0) is 4.74 Å². The smallest absolute Gasteiger partial charge is 0.118 e. The molecule has 1 aliphatic heterocycles. The van der Waals surface area contributed by atoms with E-state index in [-0.39, 0.29) is 12.2 Å². The van der Waals surface area contributed by atoms with Gasteiger partial charge in [-0.15, -0.1) is 0 Å². The number of unbranched alkanes of at least 4 members (excludes halogenated alkanes) is 3. The zero-order valence-corrected chi connectivity index (χ0v) is 10.7. The molecule has 0 saturated heterocycles. The molecule has 0 aliphatic carbocycles. The molecule has 0 unspecified atom stereocenters. The second-order valence-corrected chi connectivity index (χ2v) is 4.37. The SMILES string of the molecule is CCCCCC[C@H]1/C=C\CC#C[C@H](CC)O1. The number of ether oxygens (including phenoxy) is 1. The molecular formula is C15H24O. The van der Waals surface area contributed by atoms with Gasteiger partial charge >= 0.3 is 0 Å². The Morgan fingerprint density at radius 3 is 2.88 bits per heavy atom. The summed E-state index contributed by atoms with van der Waals surface area (Å²) in [5, 5.41) is 0. The molecule has 0 aromatic rings. The van der Waals surface area contributed by atoms with Gasteiger partial charge in [-0.2, -0.15) is 0 Å². The van der Waals surface area contributed by atoms with E-state index in [1.807, 2.05) is 0 Å². The molecule has 0 aromatic carbocycles. The Kier molecular flexibility index (Phi) is 7.01. The molecule has 90 valence electrons. The Labute approximate surface area is 100 Å². The summed E-state index contributed by atoms with van der Waals surface area (Å²) in [6.45, 7) is 4.38. The number of hydrogen-bond acceptors (Lipinski definition) is 1. The van der Waals surface area contributed by atoms with Crippen molar-refractivity contribution in [2.24, 2.45) is 0 Å². The van der Waals surface area contributed by atoms with Crippen molar-refractivity contribution in [3.63, 3.8) is 0 Å². The quantitative estimate of drug-likeness (QED) is 0.372. The molecule has 0 fully saturated rings. The third-order valence-corrected chi connectivity index (χ3v) is 2.89. The van der Waals surface area contributed by atoms with E-state index in [1.54, 1.807) is 0 Å². The van der Waals surface area contributed by atoms with E-state index in [1.165, 1.54) is 25.7 Å². The van der Waals surface area contributed by atoms with Crippen LogP contribution in [0.4, 0.5) is 0 Å². The molecule has 1 rings (SSSR count). The molecule has 0 aromatic heterocycles. The average Bonchev–Trinajstić information content (AvgIpc) is 2.27. The van der Waals surface area contributed by atoms with Crippen LogP contribution in [0.15, 0.2) is 12.2 Å². The van der Waals surface area contributed by atoms with Gasteiger partial charge in [0.1, 0.15) is 6.10 Å². The first-order valence-corrected chi connectivity index (χ1v) is 6.67. The van der Waals surface area contributed by atoms with Crippen molar-refractivity contribution in [2.75, 3.05) is 0 Å². The van der Waals surface area contributed by atoms with Crippen molar-refractivity contribution in [3.8, 4) is 11.8 Å². The lowest BCUT2D eigenvalue weighted by molar-refractivity contribution is 0.0383. The third-order valence-electron chi connectivity index (χ3n) is 2.89. The highest BCUT2D eigenvalue weighted by molar-refractivity contribution is 5.12. The molecular weight excluding hydrogens is 196 g/mol. The molecule has 2 atom stereocenters. The van der Waals surface area contributed by atoms with Crippen LogP contribution >= 0.6 is 0 Å². The molecule has 0 spiro atoms. The van der Waals surface area contributed by atoms with Crippen molar-refractivity contribution in [1.29, 1.82) is 0 Å². The first kappa shape index (κ1) is 13.3. The van der Waals surface area contributed by atoms with E-state index >= 15 is 0 Å². The zero-order valence-electron chi connectivity index (χ0n) is 10.7. The molecule has 0 saturated carbocycles. The first-order valence-electron chi connectivity index (χ1n) is 6.67. The Morgan fingerprint density at radius 1 is 1.25 bits per heavy atom. The van der Waals surface area contributed by atoms with Gasteiger partial charge in [-0.3, -0.25) is 0 Å². The van der Waals surface area contributed by atoms with Gasteiger partial charge in [0.25, 0.3) is 0 Å². The highest BCUT2D eigenvalue weighted by atomic mass is 16.5. The van der Waals surface area contributed by atoms with Crippen LogP contribution in [0.5, 0.6) is 0 Å². The monoisotopic (exact) mass is 220 g/mol. The fourth-order valence-corrected chi connectivity index (χ4v) is 1.88. The lowest BCUT2D eigenvalue weighted by atomic mass is 10.1. The summed E-state index contributed by atoms with van der Waals surface area (Å²) in [6, 6.07) is 0. The minimum Gasteiger partial charge on any atom is -0.358 e. The summed E-state index contributed by atoms with van der Waals surface area (Å²) < 4.78 is 5.96. The zero-order chi connectivity index (χ0) is 11.6. The Hall–Kier alpha value is -0.740. The van der Waals surface area contributed by atoms with E-state index in [0.717, 1.165) is 19.3 Å². The van der Waals surface area contributed by atoms with Gasteiger partial charge in [0.05, 0.1) is 6.10 Å². The predicted molar refractivity (Wildman–Crippen MR) is 69.2 cm³/mol. The van der Waals surface area contributed by atoms with Gasteiger partial charge in [0.2, 0.25) is 0 Å². The maximum Gasteiger partial charge on any atom is 0.118 e. The van der Waals surface area contributed by atoms with E-state index < -0.39 is 0 Å². The lowest BCUT2D eigenvalue weighted by Crippen LogP contribution is -2.19. The van der Waals surface area contributed by atoms with Crippen LogP contribution in [0, 0.1) is 11.8 Å². The van der Waals surface area contributed by atoms with Crippen LogP contribution in [0.3, 0.4) is 0 Å². The highest BCUT2D eigenvalue weighted by Crippen LogP contribution is 2.14. The van der Waals surface area contributed by atoms with Crippen LogP contribution in [-0.4, -0.2) is 12.2 Å². The van der Waals surface area contributed by atoms with Crippen molar-refractivity contribution in [2.45, 2.75) is 71.0 Å². The van der Waals surface area contributed by atoms with Gasteiger partial charge < -0.3 is 4.74 Å². The molecule has 1 aliphatic rings. The van der Waals surface area contributed by atoms with Crippen LogP contribution in [0.2, 0.25) is 0 Å². The highest BCUT2D eigenvalue weighted by Gasteiger charge is 2.11. The molecule has 0 amide bonds. The largest absolute Gasteiger partial charge is 0.358 e. The first-order chi connectivity index (χ1) is 7.86. The summed E-state index contributed by atoms with van der Waals surface area (Å²) in [5.41, 5.74) is 0. The van der Waals surface area contributed by atoms with E-state index in [0.29, 0.717) is 0 Å². The van der Waals surface area contributed by atoms with Crippen molar-refractivity contribution in [1.82, 2.24) is 0 Å². The molecule has 16 heavy (non-hydrogen) atoms. The standard InChI is InChI=1S/C15H24O/c1-3-5-6-8-12-15-13-10-7-9-11-14(4-2)16-15/h10,13-15H,3-8,12H2,1-2H3/b13-10-/t14-,15-/m0/s1. The second kappa shape index (κ2) is 8.42. The maximum atomic E-state index is 5.96. The van der Waals surface area contributed by atoms with Gasteiger partial charge in [-0.25, -0.2) is 0 Å². The summed E-state index contributed by atoms with van der Waals surface area (Å²) in [7, 11) is 0. The molecule has 1 heterocycles. The van der Waals surface area contributed by atoms with Gasteiger partial charge in [0, 0.05) is 6.42 Å². The Morgan fingerprint density at radius 2 is 2.12 bits per heavy atom. The average molecular weight is 220 g/mol. The minimum atomic E-state index is 0.140. The number of rotatable bonds is 6. The van der Waals surface area contributed by atoms with E-state index in [9.17, 15) is 0 Å². The predicted octanol–water partition coefficient (Wildman–Crippen LogP) is 4.08. The fraction of sp³-hybridized carbons (Fsp3) is 0.733. The summed E-state index contributed by atoms with van der Waals surface area (Å²) >= 11 is 0. The van der Waals surface area contributed by atoms with Crippen molar-refractivity contribution < 1.29 is 4.74 Å². The molecule has 0 radical (unpaired) electrons. The lowest BCUT2D eigenvalue weighted by Gasteiger charge is -2.19. The summed E-state index contributed by atoms with van der Waals surface area (Å²) in [4.78, 5) is 0. The van der Waals surface area contributed by atoms with Gasteiger partial charge in [-0.05, 0) is 12.8 Å². The minimum absolute atomic E-state index is 0.140. The Bertz CT molecular complexity index is 256. The summed E-state index contributed by atoms with van der Waals surface area (Å²) in [6.07, 6.45) is 13.0. The van der Waals surface area contributed by atoms with Crippen LogP contribution < -0.4 is 0 Å². The van der Waals surface area contributed by atoms with Crippen LogP contribution in [0.1, 0.15) is 58.8 Å². The van der Waals surface area contributed by atoms with Gasteiger partial charge in [-0.1, -0.05) is 63.5 Å². The molecule has 0 bridgehead atoms. The third kappa shape index (κ3) is 5.37. The maximum absolute atomic E-state index is 5.96. The topological polar surface area (TPSA) is 9.23 Å². The van der Waals surface area contributed by atoms with E-state index in [4.69, 9.17) is 4.74 Å². The van der Waals surface area contributed by atoms with Gasteiger partial charge in [0.15, 0.2) is 0 Å². The normalized spacial score (nSPS) is 26.4. The fourth-order valence-electron chi connectivity index (χ4n) is 1.88. The van der Waals surface area contributed by atoms with Crippen molar-refractivity contribution >= 4 is 0 Å². The van der Waals surface area contributed by atoms with Crippen LogP contribution in [0.25, 0.3) is 0 Å². The molecule has 1 heteroatoms. The van der Waals surface area contributed by atoms with Crippen molar-refractivity contribution in [3.05, 3.63) is 12.2 Å². The molecule has 0 N–H and O–H groups in total. The summed E-state index contributed by atoms with van der Waals surface area (Å²) in [5.74, 6) is 6.30. The number of allylic oxidation sites excluding steroid dienone is 1. The van der Waals surface area contributed by atoms with E-state index in [2.05, 4.69) is 37.8 Å². The number of hydrogen-bond donors (Lipinski definition) is 0. The molecule has 1 nitrogen and oxygen atoms in total.